The summed E-state index contributed by atoms with van der Waals surface area (Å²) in [5.74, 6) is -0.526. The van der Waals surface area contributed by atoms with Crippen molar-refractivity contribution in [2.45, 2.75) is 51.2 Å². The average Bonchev–Trinajstić information content (AvgIpc) is 3.25. The predicted octanol–water partition coefficient (Wildman–Crippen LogP) is 2.78. The zero-order valence-corrected chi connectivity index (χ0v) is 14.7. The minimum atomic E-state index is -1.50. The molecule has 0 bridgehead atoms. The Hall–Kier alpha value is -1.50. The van der Waals surface area contributed by atoms with Gasteiger partial charge in [0.1, 0.15) is 11.1 Å². The number of fused-ring (bicyclic) bond motifs is 1. The number of nitrogens with zero attached hydrogens (tertiary/aromatic N) is 1. The molecule has 0 saturated heterocycles. The highest BCUT2D eigenvalue weighted by molar-refractivity contribution is 7.18. The zero-order valence-electron chi connectivity index (χ0n) is 13.9. The van der Waals surface area contributed by atoms with Gasteiger partial charge < -0.3 is 15.5 Å². The molecule has 3 N–H and O–H groups in total. The molecule has 0 unspecified atom stereocenters. The Bertz CT molecular complexity index is 676. The molecule has 0 radical (unpaired) electrons. The number of hydrogen-bond acceptors (Lipinski definition) is 5. The van der Waals surface area contributed by atoms with E-state index in [0.29, 0.717) is 11.6 Å². The van der Waals surface area contributed by atoms with Crippen molar-refractivity contribution in [3.63, 3.8) is 0 Å². The van der Waals surface area contributed by atoms with Crippen LogP contribution in [0.2, 0.25) is 0 Å². The highest BCUT2D eigenvalue weighted by atomic mass is 32.1. The molecular formula is C18H24N2O3S. The summed E-state index contributed by atoms with van der Waals surface area (Å²) in [6.07, 6.45) is 2.83. The van der Waals surface area contributed by atoms with Crippen molar-refractivity contribution in [1.82, 2.24) is 10.3 Å². The lowest BCUT2D eigenvalue weighted by atomic mass is 9.83. The number of carbonyl (C=O) groups is 1. The Morgan fingerprint density at radius 3 is 2.71 bits per heavy atom. The second kappa shape index (κ2) is 7.17. The summed E-state index contributed by atoms with van der Waals surface area (Å²) < 4.78 is 0.926. The van der Waals surface area contributed by atoms with Gasteiger partial charge in [-0.05, 0) is 36.8 Å². The lowest BCUT2D eigenvalue weighted by Gasteiger charge is -2.28. The van der Waals surface area contributed by atoms with E-state index in [4.69, 9.17) is 0 Å². The van der Waals surface area contributed by atoms with Gasteiger partial charge in [-0.25, -0.2) is 4.98 Å². The fourth-order valence-corrected chi connectivity index (χ4v) is 4.44. The molecule has 2 atom stereocenters. The summed E-state index contributed by atoms with van der Waals surface area (Å²) in [6.45, 7) is 2.70. The third kappa shape index (κ3) is 3.45. The van der Waals surface area contributed by atoms with E-state index in [-0.39, 0.29) is 5.41 Å². The van der Waals surface area contributed by atoms with Gasteiger partial charge in [0, 0.05) is 6.54 Å². The molecule has 1 fully saturated rings. The van der Waals surface area contributed by atoms with Gasteiger partial charge in [0.05, 0.1) is 10.2 Å². The number of aliphatic hydroxyl groups is 2. The summed E-state index contributed by atoms with van der Waals surface area (Å²) in [5.41, 5.74) is 0.913. The monoisotopic (exact) mass is 348 g/mol. The first kappa shape index (κ1) is 17.3. The number of hydrogen-bond donors (Lipinski definition) is 3. The second-order valence-electron chi connectivity index (χ2n) is 6.69. The van der Waals surface area contributed by atoms with Crippen molar-refractivity contribution in [2.24, 2.45) is 5.41 Å². The Kier molecular flexibility index (Phi) is 5.18. The van der Waals surface area contributed by atoms with Crippen LogP contribution in [0, 0.1) is 5.41 Å². The van der Waals surface area contributed by atoms with Crippen molar-refractivity contribution < 1.29 is 15.0 Å². The minimum Gasteiger partial charge on any atom is -0.383 e. The number of amides is 1. The molecule has 6 heteroatoms. The molecule has 5 nitrogen and oxygen atoms in total. The Morgan fingerprint density at radius 1 is 1.33 bits per heavy atom. The molecule has 1 aromatic carbocycles. The van der Waals surface area contributed by atoms with E-state index in [1.807, 2.05) is 24.3 Å². The van der Waals surface area contributed by atoms with Crippen molar-refractivity contribution in [2.75, 3.05) is 6.54 Å². The number of para-hydroxylation sites is 1. The lowest BCUT2D eigenvalue weighted by molar-refractivity contribution is -0.136. The van der Waals surface area contributed by atoms with E-state index in [1.165, 1.54) is 24.2 Å². The first-order valence-corrected chi connectivity index (χ1v) is 9.36. The van der Waals surface area contributed by atoms with Crippen LogP contribution in [-0.2, 0) is 4.79 Å². The SMILES string of the molecule is CCC1(CNC(=O)[C@H](O)[C@@H](O)c2nc3ccccc3s2)CCCC1. The van der Waals surface area contributed by atoms with Crippen LogP contribution in [0.25, 0.3) is 10.2 Å². The Balaban J connectivity index is 1.64. The van der Waals surface area contributed by atoms with Crippen LogP contribution in [-0.4, -0.2) is 33.8 Å². The standard InChI is InChI=1S/C18H24N2O3S/c1-2-18(9-5-6-10-18)11-19-16(23)14(21)15(22)17-20-12-7-3-4-8-13(12)24-17/h3-4,7-8,14-15,21-22H,2,5-6,9-11H2,1H3,(H,19,23)/t14-,15-/m1/s1. The molecule has 2 aromatic rings. The molecule has 1 aliphatic carbocycles. The third-order valence-electron chi connectivity index (χ3n) is 5.18. The molecule has 1 aromatic heterocycles. The van der Waals surface area contributed by atoms with Crippen LogP contribution in [0.15, 0.2) is 24.3 Å². The van der Waals surface area contributed by atoms with E-state index in [2.05, 4.69) is 17.2 Å². The first-order chi connectivity index (χ1) is 11.5. The molecule has 1 saturated carbocycles. The molecule has 24 heavy (non-hydrogen) atoms. The van der Waals surface area contributed by atoms with Crippen LogP contribution in [0.1, 0.15) is 50.1 Å². The number of thiazole rings is 1. The van der Waals surface area contributed by atoms with Crippen LogP contribution in [0.4, 0.5) is 0 Å². The molecular weight excluding hydrogens is 324 g/mol. The van der Waals surface area contributed by atoms with Crippen LogP contribution < -0.4 is 5.32 Å². The van der Waals surface area contributed by atoms with Crippen LogP contribution in [0.3, 0.4) is 0 Å². The maximum absolute atomic E-state index is 12.2. The molecule has 130 valence electrons. The molecule has 1 aliphatic rings. The highest BCUT2D eigenvalue weighted by Crippen LogP contribution is 2.40. The fourth-order valence-electron chi connectivity index (χ4n) is 3.45. The van der Waals surface area contributed by atoms with Gasteiger partial charge in [-0.1, -0.05) is 31.9 Å². The molecule has 0 spiro atoms. The van der Waals surface area contributed by atoms with E-state index >= 15 is 0 Å². The Labute approximate surface area is 145 Å². The smallest absolute Gasteiger partial charge is 0.252 e. The predicted molar refractivity (Wildman–Crippen MR) is 94.8 cm³/mol. The first-order valence-electron chi connectivity index (χ1n) is 8.54. The lowest BCUT2D eigenvalue weighted by Crippen LogP contribution is -2.43. The normalized spacial score (nSPS) is 19.3. The number of aromatic nitrogens is 1. The summed E-state index contributed by atoms with van der Waals surface area (Å²) in [4.78, 5) is 16.6. The van der Waals surface area contributed by atoms with Gasteiger partial charge in [0.25, 0.3) is 5.91 Å². The van der Waals surface area contributed by atoms with E-state index < -0.39 is 18.1 Å². The minimum absolute atomic E-state index is 0.149. The molecule has 3 rings (SSSR count). The number of carbonyl (C=O) groups excluding carboxylic acids is 1. The third-order valence-corrected chi connectivity index (χ3v) is 6.29. The molecule has 0 aliphatic heterocycles. The van der Waals surface area contributed by atoms with E-state index in [1.54, 1.807) is 0 Å². The maximum atomic E-state index is 12.2. The quantitative estimate of drug-likeness (QED) is 0.750. The van der Waals surface area contributed by atoms with Gasteiger partial charge in [0.15, 0.2) is 6.10 Å². The fraction of sp³-hybridized carbons (Fsp3) is 0.556. The van der Waals surface area contributed by atoms with Crippen molar-refractivity contribution in [3.8, 4) is 0 Å². The van der Waals surface area contributed by atoms with Gasteiger partial charge in [-0.15, -0.1) is 11.3 Å². The average molecular weight is 348 g/mol. The summed E-state index contributed by atoms with van der Waals surface area (Å²) >= 11 is 1.30. The largest absolute Gasteiger partial charge is 0.383 e. The van der Waals surface area contributed by atoms with Crippen molar-refractivity contribution in [1.29, 1.82) is 0 Å². The van der Waals surface area contributed by atoms with Gasteiger partial charge >= 0.3 is 0 Å². The van der Waals surface area contributed by atoms with Gasteiger partial charge in [-0.2, -0.15) is 0 Å². The van der Waals surface area contributed by atoms with Crippen molar-refractivity contribution >= 4 is 27.5 Å². The van der Waals surface area contributed by atoms with E-state index in [9.17, 15) is 15.0 Å². The number of nitrogens with one attached hydrogen (secondary N) is 1. The topological polar surface area (TPSA) is 82.5 Å². The summed E-state index contributed by atoms with van der Waals surface area (Å²) in [7, 11) is 0. The van der Waals surface area contributed by atoms with E-state index in [0.717, 1.165) is 29.5 Å². The molecule has 1 heterocycles. The summed E-state index contributed by atoms with van der Waals surface area (Å²) in [5, 5.41) is 23.7. The summed E-state index contributed by atoms with van der Waals surface area (Å²) in [6, 6.07) is 7.51. The van der Waals surface area contributed by atoms with Crippen molar-refractivity contribution in [3.05, 3.63) is 29.3 Å². The Morgan fingerprint density at radius 2 is 2.04 bits per heavy atom. The molecule has 1 amide bonds. The van der Waals surface area contributed by atoms with Gasteiger partial charge in [-0.3, -0.25) is 4.79 Å². The number of aliphatic hydroxyl groups excluding tert-OH is 2. The van der Waals surface area contributed by atoms with Gasteiger partial charge in [0.2, 0.25) is 0 Å². The zero-order chi connectivity index (χ0) is 17.2. The highest BCUT2D eigenvalue weighted by Gasteiger charge is 2.34. The van der Waals surface area contributed by atoms with Crippen LogP contribution >= 0.6 is 11.3 Å². The second-order valence-corrected chi connectivity index (χ2v) is 7.75. The number of benzene rings is 1. The van der Waals surface area contributed by atoms with Crippen LogP contribution in [0.5, 0.6) is 0 Å². The number of rotatable bonds is 6. The maximum Gasteiger partial charge on any atom is 0.252 e.